The fourth-order valence-corrected chi connectivity index (χ4v) is 2.53. The van der Waals surface area contributed by atoms with Crippen LogP contribution in [0, 0.1) is 0 Å². The van der Waals surface area contributed by atoms with E-state index in [2.05, 4.69) is 20.4 Å². The number of hydrogen-bond acceptors (Lipinski definition) is 5. The standard InChI is InChI=1S/C13H13N5OS/c1-9(11-7-18-13(17-11)20-8-15-18)16-12(19)5-10-3-2-4-14-6-10/h2-4,6-9H,5H2,1H3,(H,16,19). The number of carbonyl (C=O) groups excluding carboxylic acids is 1. The van der Waals surface area contributed by atoms with E-state index >= 15 is 0 Å². The summed E-state index contributed by atoms with van der Waals surface area (Å²) in [5, 5.41) is 7.05. The Morgan fingerprint density at radius 3 is 3.20 bits per heavy atom. The molecule has 102 valence electrons. The molecule has 3 rings (SSSR count). The molecule has 3 heterocycles. The summed E-state index contributed by atoms with van der Waals surface area (Å²) in [4.78, 5) is 21.2. The first kappa shape index (κ1) is 12.7. The predicted molar refractivity (Wildman–Crippen MR) is 75.4 cm³/mol. The Morgan fingerprint density at radius 1 is 1.55 bits per heavy atom. The summed E-state index contributed by atoms with van der Waals surface area (Å²) in [6, 6.07) is 3.56. The van der Waals surface area contributed by atoms with Crippen molar-refractivity contribution in [1.82, 2.24) is 24.9 Å². The number of carbonyl (C=O) groups is 1. The average molecular weight is 287 g/mol. The molecule has 1 amide bonds. The van der Waals surface area contributed by atoms with E-state index in [1.807, 2.05) is 25.3 Å². The number of fused-ring (bicyclic) bond motifs is 1. The van der Waals surface area contributed by atoms with E-state index in [9.17, 15) is 4.79 Å². The molecule has 0 saturated carbocycles. The van der Waals surface area contributed by atoms with Gasteiger partial charge in [0.05, 0.1) is 24.4 Å². The van der Waals surface area contributed by atoms with Crippen LogP contribution in [-0.2, 0) is 11.2 Å². The van der Waals surface area contributed by atoms with Crippen LogP contribution in [0.5, 0.6) is 0 Å². The van der Waals surface area contributed by atoms with E-state index in [0.717, 1.165) is 16.2 Å². The van der Waals surface area contributed by atoms with E-state index in [4.69, 9.17) is 0 Å². The Bertz CT molecular complexity index is 692. The first-order valence-corrected chi connectivity index (χ1v) is 7.07. The Hall–Kier alpha value is -2.28. The molecule has 0 radical (unpaired) electrons. The number of aromatic nitrogens is 4. The van der Waals surface area contributed by atoms with Crippen LogP contribution < -0.4 is 5.32 Å². The highest BCUT2D eigenvalue weighted by Gasteiger charge is 2.14. The molecule has 0 aliphatic carbocycles. The van der Waals surface area contributed by atoms with Crippen LogP contribution in [0.25, 0.3) is 4.96 Å². The van der Waals surface area contributed by atoms with E-state index in [0.29, 0.717) is 6.42 Å². The first-order chi connectivity index (χ1) is 9.72. The Balaban J connectivity index is 1.65. The number of pyridine rings is 1. The number of amides is 1. The third-order valence-electron chi connectivity index (χ3n) is 2.91. The fourth-order valence-electron chi connectivity index (χ4n) is 1.92. The summed E-state index contributed by atoms with van der Waals surface area (Å²) in [5.74, 6) is -0.0465. The zero-order chi connectivity index (χ0) is 13.9. The predicted octanol–water partition coefficient (Wildman–Crippen LogP) is 1.61. The van der Waals surface area contributed by atoms with Gasteiger partial charge in [0.25, 0.3) is 0 Å². The third kappa shape index (κ3) is 2.67. The number of rotatable bonds is 4. The van der Waals surface area contributed by atoms with Crippen molar-refractivity contribution in [2.75, 3.05) is 0 Å². The molecule has 20 heavy (non-hydrogen) atoms. The Morgan fingerprint density at radius 2 is 2.45 bits per heavy atom. The molecule has 1 N–H and O–H groups in total. The van der Waals surface area contributed by atoms with Gasteiger partial charge in [-0.25, -0.2) is 9.50 Å². The lowest BCUT2D eigenvalue weighted by Crippen LogP contribution is -2.28. The molecule has 0 aliphatic rings. The van der Waals surface area contributed by atoms with Gasteiger partial charge in [-0.3, -0.25) is 9.78 Å². The number of imidazole rings is 1. The normalized spacial score (nSPS) is 12.4. The molecule has 0 aromatic carbocycles. The van der Waals surface area contributed by atoms with E-state index in [1.54, 1.807) is 22.4 Å². The van der Waals surface area contributed by atoms with Crippen molar-refractivity contribution in [3.63, 3.8) is 0 Å². The molecule has 3 aromatic heterocycles. The minimum Gasteiger partial charge on any atom is -0.348 e. The van der Waals surface area contributed by atoms with Gasteiger partial charge in [-0.15, -0.1) is 0 Å². The zero-order valence-corrected chi connectivity index (χ0v) is 11.7. The molecule has 0 spiro atoms. The van der Waals surface area contributed by atoms with Gasteiger partial charge < -0.3 is 5.32 Å². The lowest BCUT2D eigenvalue weighted by atomic mass is 10.2. The molecule has 1 unspecified atom stereocenters. The van der Waals surface area contributed by atoms with Crippen molar-refractivity contribution >= 4 is 22.2 Å². The highest BCUT2D eigenvalue weighted by atomic mass is 32.1. The van der Waals surface area contributed by atoms with Gasteiger partial charge in [0, 0.05) is 12.4 Å². The van der Waals surface area contributed by atoms with Crippen LogP contribution >= 0.6 is 11.3 Å². The van der Waals surface area contributed by atoms with Crippen LogP contribution in [0.1, 0.15) is 24.2 Å². The van der Waals surface area contributed by atoms with Crippen molar-refractivity contribution in [2.24, 2.45) is 0 Å². The van der Waals surface area contributed by atoms with Gasteiger partial charge in [0.2, 0.25) is 10.9 Å². The topological polar surface area (TPSA) is 72.2 Å². The van der Waals surface area contributed by atoms with Gasteiger partial charge >= 0.3 is 0 Å². The third-order valence-corrected chi connectivity index (χ3v) is 3.60. The first-order valence-electron chi connectivity index (χ1n) is 6.19. The van der Waals surface area contributed by atoms with Crippen LogP contribution in [0.2, 0.25) is 0 Å². The van der Waals surface area contributed by atoms with Gasteiger partial charge in [-0.1, -0.05) is 17.4 Å². The summed E-state index contributed by atoms with van der Waals surface area (Å²) >= 11 is 1.47. The smallest absolute Gasteiger partial charge is 0.225 e. The maximum atomic E-state index is 12.0. The molecule has 0 fully saturated rings. The maximum absolute atomic E-state index is 12.0. The van der Waals surface area contributed by atoms with Crippen molar-refractivity contribution in [3.8, 4) is 0 Å². The molecule has 0 bridgehead atoms. The fraction of sp³-hybridized carbons (Fsp3) is 0.231. The summed E-state index contributed by atoms with van der Waals surface area (Å²) < 4.78 is 1.71. The van der Waals surface area contributed by atoms with E-state index in [1.165, 1.54) is 11.3 Å². The molecule has 0 aliphatic heterocycles. The van der Waals surface area contributed by atoms with Crippen LogP contribution in [0.15, 0.2) is 36.2 Å². The lowest BCUT2D eigenvalue weighted by Gasteiger charge is -2.11. The van der Waals surface area contributed by atoms with E-state index < -0.39 is 0 Å². The highest BCUT2D eigenvalue weighted by molar-refractivity contribution is 7.14. The second kappa shape index (κ2) is 5.38. The molecule has 0 saturated heterocycles. The summed E-state index contributed by atoms with van der Waals surface area (Å²) in [5.41, 5.74) is 3.44. The van der Waals surface area contributed by atoms with E-state index in [-0.39, 0.29) is 11.9 Å². The van der Waals surface area contributed by atoms with Crippen molar-refractivity contribution < 1.29 is 4.79 Å². The zero-order valence-electron chi connectivity index (χ0n) is 10.9. The van der Waals surface area contributed by atoms with Crippen LogP contribution in [0.3, 0.4) is 0 Å². The van der Waals surface area contributed by atoms with Crippen molar-refractivity contribution in [2.45, 2.75) is 19.4 Å². The minimum atomic E-state index is -0.145. The quantitative estimate of drug-likeness (QED) is 0.791. The number of hydrogen-bond donors (Lipinski definition) is 1. The summed E-state index contributed by atoms with van der Waals surface area (Å²) in [6.07, 6.45) is 5.54. The molecular formula is C13H13N5OS. The highest BCUT2D eigenvalue weighted by Crippen LogP contribution is 2.15. The molecule has 1 atom stereocenters. The monoisotopic (exact) mass is 287 g/mol. The summed E-state index contributed by atoms with van der Waals surface area (Å²) in [6.45, 7) is 1.91. The number of nitrogens with one attached hydrogen (secondary N) is 1. The van der Waals surface area contributed by atoms with Gasteiger partial charge in [0.1, 0.15) is 5.51 Å². The van der Waals surface area contributed by atoms with Crippen molar-refractivity contribution in [3.05, 3.63) is 47.5 Å². The van der Waals surface area contributed by atoms with Crippen molar-refractivity contribution in [1.29, 1.82) is 0 Å². The molecular weight excluding hydrogens is 274 g/mol. The molecule has 6 nitrogen and oxygen atoms in total. The largest absolute Gasteiger partial charge is 0.348 e. The van der Waals surface area contributed by atoms with Gasteiger partial charge in [-0.05, 0) is 18.6 Å². The number of nitrogens with zero attached hydrogens (tertiary/aromatic N) is 4. The Kier molecular flexibility index (Phi) is 3.42. The van der Waals surface area contributed by atoms with Gasteiger partial charge in [0.15, 0.2) is 0 Å². The lowest BCUT2D eigenvalue weighted by molar-refractivity contribution is -0.121. The second-order valence-corrected chi connectivity index (χ2v) is 5.27. The SMILES string of the molecule is CC(NC(=O)Cc1cccnc1)c1cn2ncsc2n1. The molecule has 3 aromatic rings. The minimum absolute atomic E-state index is 0.0465. The van der Waals surface area contributed by atoms with Gasteiger partial charge in [-0.2, -0.15) is 5.10 Å². The molecule has 7 heteroatoms. The second-order valence-electron chi connectivity index (χ2n) is 4.46. The average Bonchev–Trinajstić information content (AvgIpc) is 3.00. The summed E-state index contributed by atoms with van der Waals surface area (Å²) in [7, 11) is 0. The van der Waals surface area contributed by atoms with Crippen LogP contribution in [0.4, 0.5) is 0 Å². The Labute approximate surface area is 119 Å². The maximum Gasteiger partial charge on any atom is 0.225 e. The van der Waals surface area contributed by atoms with Crippen LogP contribution in [-0.4, -0.2) is 25.5 Å².